The number of para-hydroxylation sites is 2. The fourth-order valence-electron chi connectivity index (χ4n) is 3.27. The Morgan fingerprint density at radius 2 is 2.09 bits per heavy atom. The van der Waals surface area contributed by atoms with Gasteiger partial charge < -0.3 is 10.3 Å². The summed E-state index contributed by atoms with van der Waals surface area (Å²) in [7, 11) is 1.99. The van der Waals surface area contributed by atoms with E-state index < -0.39 is 0 Å². The van der Waals surface area contributed by atoms with Crippen LogP contribution in [-0.2, 0) is 11.2 Å². The lowest BCUT2D eigenvalue weighted by molar-refractivity contribution is -0.122. The van der Waals surface area contributed by atoms with E-state index in [1.54, 1.807) is 0 Å². The molecule has 2 aromatic rings. The number of carbonyl (C=O) groups excluding carboxylic acids is 1. The van der Waals surface area contributed by atoms with E-state index in [9.17, 15) is 4.79 Å². The average Bonchev–Trinajstić information content (AvgIpc) is 2.96. The van der Waals surface area contributed by atoms with Crippen molar-refractivity contribution in [1.29, 1.82) is 0 Å². The van der Waals surface area contributed by atoms with Crippen molar-refractivity contribution >= 4 is 16.9 Å². The number of nitrogens with one attached hydrogen (secondary N) is 2. The van der Waals surface area contributed by atoms with E-state index in [1.165, 1.54) is 19.3 Å². The van der Waals surface area contributed by atoms with E-state index in [1.807, 2.05) is 31.3 Å². The molecule has 1 aromatic carbocycles. The fourth-order valence-corrected chi connectivity index (χ4v) is 3.27. The minimum Gasteiger partial charge on any atom is -0.352 e. The molecule has 124 valence electrons. The topological polar surface area (TPSA) is 61.0 Å². The third kappa shape index (κ3) is 4.55. The molecule has 2 N–H and O–H groups in total. The predicted octanol–water partition coefficient (Wildman–Crippen LogP) is 2.49. The normalized spacial score (nSPS) is 16.1. The van der Waals surface area contributed by atoms with Crippen molar-refractivity contribution in [3.8, 4) is 0 Å². The van der Waals surface area contributed by atoms with Crippen molar-refractivity contribution in [3.05, 3.63) is 30.1 Å². The summed E-state index contributed by atoms with van der Waals surface area (Å²) >= 11 is 0. The maximum Gasteiger partial charge on any atom is 0.234 e. The van der Waals surface area contributed by atoms with E-state index >= 15 is 0 Å². The minimum atomic E-state index is 0.143. The van der Waals surface area contributed by atoms with Gasteiger partial charge in [-0.1, -0.05) is 31.4 Å². The number of benzene rings is 1. The molecule has 3 rings (SSSR count). The zero-order valence-corrected chi connectivity index (χ0v) is 13.8. The Kier molecular flexibility index (Phi) is 5.28. The second-order valence-electron chi connectivity index (χ2n) is 6.59. The number of hydrogen-bond donors (Lipinski definition) is 2. The van der Waals surface area contributed by atoms with Gasteiger partial charge in [0.15, 0.2) is 0 Å². The summed E-state index contributed by atoms with van der Waals surface area (Å²) in [6.07, 6.45) is 6.88. The number of rotatable bonds is 6. The lowest BCUT2D eigenvalue weighted by Crippen LogP contribution is -2.42. The number of aromatic amines is 1. The first kappa shape index (κ1) is 16.0. The first-order valence-corrected chi connectivity index (χ1v) is 8.62. The molecule has 1 amide bonds. The van der Waals surface area contributed by atoms with Crippen molar-refractivity contribution in [3.63, 3.8) is 0 Å². The van der Waals surface area contributed by atoms with E-state index in [4.69, 9.17) is 0 Å². The van der Waals surface area contributed by atoms with Gasteiger partial charge in [0.05, 0.1) is 17.6 Å². The molecule has 1 heterocycles. The summed E-state index contributed by atoms with van der Waals surface area (Å²) in [5.74, 6) is 1.12. The number of hydrogen-bond acceptors (Lipinski definition) is 3. The van der Waals surface area contributed by atoms with Crippen molar-refractivity contribution < 1.29 is 4.79 Å². The summed E-state index contributed by atoms with van der Waals surface area (Å²) in [6.45, 7) is 1.27. The van der Waals surface area contributed by atoms with Gasteiger partial charge in [0.2, 0.25) is 5.91 Å². The second-order valence-corrected chi connectivity index (χ2v) is 6.59. The van der Waals surface area contributed by atoms with Crippen LogP contribution in [0.4, 0.5) is 0 Å². The van der Waals surface area contributed by atoms with E-state index in [-0.39, 0.29) is 5.91 Å². The highest BCUT2D eigenvalue weighted by Crippen LogP contribution is 2.17. The van der Waals surface area contributed by atoms with Gasteiger partial charge in [0.25, 0.3) is 0 Å². The van der Waals surface area contributed by atoms with Crippen LogP contribution in [0, 0.1) is 0 Å². The Balaban J connectivity index is 1.43. The molecule has 0 unspecified atom stereocenters. The summed E-state index contributed by atoms with van der Waals surface area (Å²) < 4.78 is 0. The van der Waals surface area contributed by atoms with Crippen LogP contribution in [0.5, 0.6) is 0 Å². The Hall–Kier alpha value is -1.88. The highest BCUT2D eigenvalue weighted by molar-refractivity contribution is 5.78. The maximum atomic E-state index is 12.1. The molecule has 0 saturated heterocycles. The van der Waals surface area contributed by atoms with Gasteiger partial charge in [0, 0.05) is 19.0 Å². The van der Waals surface area contributed by atoms with Gasteiger partial charge >= 0.3 is 0 Å². The van der Waals surface area contributed by atoms with E-state index in [2.05, 4.69) is 20.2 Å². The Morgan fingerprint density at radius 1 is 1.30 bits per heavy atom. The highest BCUT2D eigenvalue weighted by Gasteiger charge is 2.16. The molecular weight excluding hydrogens is 288 g/mol. The quantitative estimate of drug-likeness (QED) is 0.861. The molecule has 1 saturated carbocycles. The average molecular weight is 314 g/mol. The zero-order chi connectivity index (χ0) is 16.1. The Labute approximate surface area is 137 Å². The molecule has 1 fully saturated rings. The molecule has 5 nitrogen and oxygen atoms in total. The number of likely N-dealkylation sites (N-methyl/N-ethyl adjacent to an activating group) is 1. The summed E-state index contributed by atoms with van der Waals surface area (Å²) in [6, 6.07) is 8.44. The molecule has 0 atom stereocenters. The van der Waals surface area contributed by atoms with Gasteiger partial charge in [-0.3, -0.25) is 9.69 Å². The molecule has 1 aliphatic carbocycles. The van der Waals surface area contributed by atoms with Crippen LogP contribution in [0.25, 0.3) is 11.0 Å². The van der Waals surface area contributed by atoms with Gasteiger partial charge in [-0.15, -0.1) is 0 Å². The number of fused-ring (bicyclic) bond motifs is 1. The number of carbonyl (C=O) groups is 1. The number of imidazole rings is 1. The van der Waals surface area contributed by atoms with Gasteiger partial charge in [-0.05, 0) is 32.0 Å². The molecule has 0 radical (unpaired) electrons. The largest absolute Gasteiger partial charge is 0.352 e. The lowest BCUT2D eigenvalue weighted by atomic mass is 9.95. The first-order chi connectivity index (χ1) is 11.2. The highest BCUT2D eigenvalue weighted by atomic mass is 16.2. The van der Waals surface area contributed by atoms with Crippen LogP contribution in [0.1, 0.15) is 37.9 Å². The smallest absolute Gasteiger partial charge is 0.234 e. The molecule has 1 aromatic heterocycles. The Bertz CT molecular complexity index is 612. The molecule has 23 heavy (non-hydrogen) atoms. The molecule has 1 aliphatic rings. The van der Waals surface area contributed by atoms with Crippen LogP contribution in [0.2, 0.25) is 0 Å². The van der Waals surface area contributed by atoms with Gasteiger partial charge in [0.1, 0.15) is 5.82 Å². The second kappa shape index (κ2) is 7.59. The number of aromatic nitrogens is 2. The number of nitrogens with zero attached hydrogens (tertiary/aromatic N) is 2. The van der Waals surface area contributed by atoms with Gasteiger partial charge in [-0.2, -0.15) is 0 Å². The van der Waals surface area contributed by atoms with E-state index in [0.717, 1.165) is 42.7 Å². The van der Waals surface area contributed by atoms with Crippen LogP contribution in [0.15, 0.2) is 24.3 Å². The van der Waals surface area contributed by atoms with Crippen LogP contribution in [0.3, 0.4) is 0 Å². The van der Waals surface area contributed by atoms with Crippen LogP contribution < -0.4 is 5.32 Å². The predicted molar refractivity (Wildman–Crippen MR) is 92.3 cm³/mol. The van der Waals surface area contributed by atoms with Crippen molar-refractivity contribution in [1.82, 2.24) is 20.2 Å². The lowest BCUT2D eigenvalue weighted by Gasteiger charge is -2.24. The summed E-state index contributed by atoms with van der Waals surface area (Å²) in [5, 5.41) is 3.17. The van der Waals surface area contributed by atoms with E-state index in [0.29, 0.717) is 12.6 Å². The monoisotopic (exact) mass is 314 g/mol. The third-order valence-corrected chi connectivity index (χ3v) is 4.55. The number of amides is 1. The number of H-pyrrole nitrogens is 1. The fraction of sp³-hybridized carbons (Fsp3) is 0.556. The first-order valence-electron chi connectivity index (χ1n) is 8.62. The minimum absolute atomic E-state index is 0.143. The molecule has 0 bridgehead atoms. The SMILES string of the molecule is CN(CCc1nc2ccccc2[nH]1)CC(=O)NC1CCCCC1. The van der Waals surface area contributed by atoms with Crippen molar-refractivity contribution in [2.75, 3.05) is 20.1 Å². The maximum absolute atomic E-state index is 12.1. The third-order valence-electron chi connectivity index (χ3n) is 4.55. The molecular formula is C18H26N4O. The van der Waals surface area contributed by atoms with Crippen LogP contribution in [-0.4, -0.2) is 47.0 Å². The summed E-state index contributed by atoms with van der Waals surface area (Å²) in [5.41, 5.74) is 2.07. The summed E-state index contributed by atoms with van der Waals surface area (Å²) in [4.78, 5) is 22.1. The Morgan fingerprint density at radius 3 is 2.87 bits per heavy atom. The molecule has 0 aliphatic heterocycles. The zero-order valence-electron chi connectivity index (χ0n) is 13.8. The standard InChI is InChI=1S/C18H26N4O/c1-22(13-18(23)19-14-7-3-2-4-8-14)12-11-17-20-15-9-5-6-10-16(15)21-17/h5-6,9-10,14H,2-4,7-8,11-13H2,1H3,(H,19,23)(H,20,21). The van der Waals surface area contributed by atoms with Crippen LogP contribution >= 0.6 is 0 Å². The molecule has 5 heteroatoms. The van der Waals surface area contributed by atoms with Gasteiger partial charge in [-0.25, -0.2) is 4.98 Å². The van der Waals surface area contributed by atoms with Crippen molar-refractivity contribution in [2.45, 2.75) is 44.6 Å². The molecule has 0 spiro atoms. The van der Waals surface area contributed by atoms with Crippen molar-refractivity contribution in [2.24, 2.45) is 0 Å².